The van der Waals surface area contributed by atoms with E-state index in [1.54, 1.807) is 18.1 Å². The lowest BCUT2D eigenvalue weighted by molar-refractivity contribution is -0.141. The Kier molecular flexibility index (Phi) is 3.87. The van der Waals surface area contributed by atoms with Crippen molar-refractivity contribution in [2.75, 3.05) is 6.54 Å². The fourth-order valence-electron chi connectivity index (χ4n) is 4.83. The molecule has 0 aliphatic carbocycles. The van der Waals surface area contributed by atoms with Gasteiger partial charge in [0.25, 0.3) is 0 Å². The molecule has 0 bridgehead atoms. The van der Waals surface area contributed by atoms with Gasteiger partial charge in [-0.05, 0) is 42.3 Å². The maximum absolute atomic E-state index is 13.4. The van der Waals surface area contributed by atoms with Gasteiger partial charge in [-0.15, -0.1) is 0 Å². The van der Waals surface area contributed by atoms with Crippen molar-refractivity contribution in [3.05, 3.63) is 71.0 Å². The molecule has 0 N–H and O–H groups in total. The van der Waals surface area contributed by atoms with Crippen molar-refractivity contribution in [2.24, 2.45) is 16.9 Å². The summed E-state index contributed by atoms with van der Waals surface area (Å²) < 4.78 is 13.3. The van der Waals surface area contributed by atoms with Gasteiger partial charge in [0.2, 0.25) is 11.8 Å². The molecule has 2 amide bonds. The molecule has 0 radical (unpaired) electrons. The van der Waals surface area contributed by atoms with Gasteiger partial charge in [0, 0.05) is 12.1 Å². The van der Waals surface area contributed by atoms with Crippen LogP contribution in [0.5, 0.6) is 0 Å². The maximum atomic E-state index is 13.4. The third kappa shape index (κ3) is 2.40. The average molecular weight is 391 g/mol. The number of carbonyl (C=O) groups is 3. The first kappa shape index (κ1) is 17.7. The fraction of sp³-hybridized carbons (Fsp3) is 0.273. The van der Waals surface area contributed by atoms with E-state index in [0.29, 0.717) is 5.56 Å². The predicted octanol–water partition coefficient (Wildman–Crippen LogP) is 2.40. The van der Waals surface area contributed by atoms with E-state index >= 15 is 0 Å². The van der Waals surface area contributed by atoms with Crippen molar-refractivity contribution in [3.63, 3.8) is 0 Å². The number of likely N-dealkylation sites (tertiary alicyclic amines) is 1. The number of hydrogen-bond donors (Lipinski definition) is 0. The molecule has 2 aromatic carbocycles. The number of fused-ring (bicyclic) bond motifs is 5. The van der Waals surface area contributed by atoms with E-state index in [9.17, 15) is 18.8 Å². The summed E-state index contributed by atoms with van der Waals surface area (Å²) >= 11 is 0. The number of hydrazone groups is 1. The van der Waals surface area contributed by atoms with Gasteiger partial charge in [0.1, 0.15) is 11.9 Å². The topological polar surface area (TPSA) is 70.1 Å². The molecule has 7 heteroatoms. The van der Waals surface area contributed by atoms with Crippen LogP contribution in [-0.4, -0.2) is 46.3 Å². The Morgan fingerprint density at radius 2 is 1.72 bits per heavy atom. The van der Waals surface area contributed by atoms with Crippen molar-refractivity contribution in [2.45, 2.75) is 19.0 Å². The van der Waals surface area contributed by atoms with Gasteiger partial charge in [-0.25, -0.2) is 4.39 Å². The number of hydrogen-bond acceptors (Lipinski definition) is 5. The summed E-state index contributed by atoms with van der Waals surface area (Å²) in [5.41, 5.74) is 2.05. The second-order valence-corrected chi connectivity index (χ2v) is 7.49. The molecule has 3 aliphatic rings. The van der Waals surface area contributed by atoms with Crippen LogP contribution in [0.4, 0.5) is 4.39 Å². The zero-order valence-corrected chi connectivity index (χ0v) is 15.7. The van der Waals surface area contributed by atoms with E-state index in [1.807, 2.05) is 24.3 Å². The summed E-state index contributed by atoms with van der Waals surface area (Å²) in [7, 11) is 0. The third-order valence-corrected chi connectivity index (χ3v) is 6.10. The van der Waals surface area contributed by atoms with Crippen LogP contribution in [-0.2, 0) is 9.59 Å². The van der Waals surface area contributed by atoms with E-state index in [-0.39, 0.29) is 24.1 Å². The number of amides is 2. The molecule has 4 atom stereocenters. The van der Waals surface area contributed by atoms with Gasteiger partial charge in [-0.2, -0.15) is 5.10 Å². The molecule has 3 aliphatic heterocycles. The molecular formula is C22H18FN3O3. The molecule has 29 heavy (non-hydrogen) atoms. The van der Waals surface area contributed by atoms with E-state index in [1.165, 1.54) is 29.2 Å². The Labute approximate surface area is 166 Å². The number of Topliss-reactive ketones (excluding diaryl/α,β-unsaturated/α-hetero) is 1. The molecule has 2 aromatic rings. The Balaban J connectivity index is 1.65. The minimum absolute atomic E-state index is 0.264. The zero-order valence-electron chi connectivity index (χ0n) is 15.7. The second-order valence-electron chi connectivity index (χ2n) is 7.49. The van der Waals surface area contributed by atoms with Crippen LogP contribution in [0.25, 0.3) is 0 Å². The monoisotopic (exact) mass is 391 g/mol. The highest BCUT2D eigenvalue weighted by molar-refractivity contribution is 6.12. The summed E-state index contributed by atoms with van der Waals surface area (Å²) in [6.07, 6.45) is 1.66. The molecule has 6 nitrogen and oxygen atoms in total. The van der Waals surface area contributed by atoms with Crippen LogP contribution < -0.4 is 0 Å². The summed E-state index contributed by atoms with van der Waals surface area (Å²) in [5, 5.41) is 6.07. The number of benzene rings is 2. The lowest BCUT2D eigenvalue weighted by Crippen LogP contribution is -2.44. The molecule has 0 spiro atoms. The predicted molar refractivity (Wildman–Crippen MR) is 103 cm³/mol. The van der Waals surface area contributed by atoms with E-state index in [2.05, 4.69) is 5.10 Å². The summed E-state index contributed by atoms with van der Waals surface area (Å²) in [6.45, 7) is 2.01. The summed E-state index contributed by atoms with van der Waals surface area (Å²) in [6, 6.07) is 11.4. The highest BCUT2D eigenvalue weighted by Gasteiger charge is 2.64. The SMILES string of the molecule is CCN1C(=O)[C@@H]2[C@@H](C1=O)[C@@H]1c3ccccc3C=NN1[C@@H]2C(=O)c1ccc(F)cc1. The molecular weight excluding hydrogens is 373 g/mol. The summed E-state index contributed by atoms with van der Waals surface area (Å²) in [4.78, 5) is 40.8. The smallest absolute Gasteiger partial charge is 0.235 e. The molecule has 0 unspecified atom stereocenters. The third-order valence-electron chi connectivity index (χ3n) is 6.10. The molecule has 146 valence electrons. The van der Waals surface area contributed by atoms with Crippen molar-refractivity contribution >= 4 is 23.8 Å². The Morgan fingerprint density at radius 1 is 1.03 bits per heavy atom. The van der Waals surface area contributed by atoms with Crippen molar-refractivity contribution < 1.29 is 18.8 Å². The second kappa shape index (κ2) is 6.34. The maximum Gasteiger partial charge on any atom is 0.235 e. The summed E-state index contributed by atoms with van der Waals surface area (Å²) in [5.74, 6) is -2.87. The molecule has 5 rings (SSSR count). The fourth-order valence-corrected chi connectivity index (χ4v) is 4.83. The van der Waals surface area contributed by atoms with E-state index in [4.69, 9.17) is 0 Å². The lowest BCUT2D eigenvalue weighted by Gasteiger charge is -2.33. The molecule has 3 heterocycles. The first-order valence-corrected chi connectivity index (χ1v) is 9.59. The van der Waals surface area contributed by atoms with Crippen LogP contribution in [0, 0.1) is 17.7 Å². The van der Waals surface area contributed by atoms with Crippen molar-refractivity contribution in [1.29, 1.82) is 0 Å². The quantitative estimate of drug-likeness (QED) is 0.595. The van der Waals surface area contributed by atoms with Gasteiger partial charge >= 0.3 is 0 Å². The molecule has 0 aromatic heterocycles. The van der Waals surface area contributed by atoms with Gasteiger partial charge in [-0.1, -0.05) is 24.3 Å². The minimum Gasteiger partial charge on any atom is -0.292 e. The highest BCUT2D eigenvalue weighted by atomic mass is 19.1. The van der Waals surface area contributed by atoms with Crippen LogP contribution in [0.1, 0.15) is 34.5 Å². The van der Waals surface area contributed by atoms with Crippen LogP contribution in [0.2, 0.25) is 0 Å². The number of rotatable bonds is 3. The largest absolute Gasteiger partial charge is 0.292 e. The Bertz CT molecular complexity index is 1070. The van der Waals surface area contributed by atoms with Gasteiger partial charge in [0.05, 0.1) is 24.1 Å². The lowest BCUT2D eigenvalue weighted by atomic mass is 9.83. The standard InChI is InChI=1S/C22H18FN3O3/c1-2-25-21(28)16-17(22(25)29)19(20(27)12-7-9-14(23)10-8-12)26-18(16)15-6-4-3-5-13(15)11-24-26/h3-11,16-19H,2H2,1H3/t16-,17-,18+,19+/m1/s1. The van der Waals surface area contributed by atoms with E-state index < -0.39 is 29.7 Å². The number of halogens is 1. The van der Waals surface area contributed by atoms with Gasteiger partial charge < -0.3 is 0 Å². The van der Waals surface area contributed by atoms with E-state index in [0.717, 1.165) is 11.1 Å². The number of carbonyl (C=O) groups excluding carboxylic acids is 3. The van der Waals surface area contributed by atoms with Crippen LogP contribution in [0.3, 0.4) is 0 Å². The zero-order chi connectivity index (χ0) is 20.3. The molecule has 0 saturated carbocycles. The normalized spacial score (nSPS) is 27.1. The number of nitrogens with zero attached hydrogens (tertiary/aromatic N) is 3. The Hall–Kier alpha value is -3.35. The van der Waals surface area contributed by atoms with Crippen LogP contribution >= 0.6 is 0 Å². The van der Waals surface area contributed by atoms with Crippen LogP contribution in [0.15, 0.2) is 53.6 Å². The minimum atomic E-state index is -0.909. The molecule has 2 saturated heterocycles. The van der Waals surface area contributed by atoms with Gasteiger partial charge in [0.15, 0.2) is 5.78 Å². The van der Waals surface area contributed by atoms with Crippen molar-refractivity contribution in [3.8, 4) is 0 Å². The van der Waals surface area contributed by atoms with Gasteiger partial charge in [-0.3, -0.25) is 24.3 Å². The molecule has 2 fully saturated rings. The first-order valence-electron chi connectivity index (χ1n) is 9.59. The van der Waals surface area contributed by atoms with Crippen molar-refractivity contribution in [1.82, 2.24) is 9.91 Å². The first-order chi connectivity index (χ1) is 14.0. The highest BCUT2D eigenvalue weighted by Crippen LogP contribution is 2.52. The number of imide groups is 1. The average Bonchev–Trinajstić information content (AvgIpc) is 3.21. The Morgan fingerprint density at radius 3 is 2.45 bits per heavy atom. The number of ketones is 1.